The Balaban J connectivity index is 1.50. The summed E-state index contributed by atoms with van der Waals surface area (Å²) in [4.78, 5) is 15.1. The molecule has 2 heterocycles. The molecule has 1 saturated heterocycles. The zero-order valence-electron chi connectivity index (χ0n) is 18.9. The molecule has 0 radical (unpaired) electrons. The van der Waals surface area contributed by atoms with Crippen molar-refractivity contribution >= 4 is 27.3 Å². The number of nitrogens with zero attached hydrogens (tertiary/aromatic N) is 2. The van der Waals surface area contributed by atoms with Gasteiger partial charge in [0.05, 0.1) is 18.0 Å². The second kappa shape index (κ2) is 8.75. The van der Waals surface area contributed by atoms with Crippen molar-refractivity contribution < 1.29 is 17.9 Å². The van der Waals surface area contributed by atoms with Crippen LogP contribution in [0.4, 0.5) is 11.4 Å². The second-order valence-corrected chi connectivity index (χ2v) is 11.0. The highest BCUT2D eigenvalue weighted by Gasteiger charge is 2.37. The molecule has 0 aliphatic carbocycles. The Labute approximate surface area is 190 Å². The molecule has 0 saturated carbocycles. The summed E-state index contributed by atoms with van der Waals surface area (Å²) >= 11 is 0. The molecule has 2 aromatic rings. The van der Waals surface area contributed by atoms with Crippen LogP contribution in [0.3, 0.4) is 0 Å². The lowest BCUT2D eigenvalue weighted by Gasteiger charge is -2.22. The van der Waals surface area contributed by atoms with E-state index >= 15 is 0 Å². The molecular weight excluding hydrogens is 426 g/mol. The molecular formula is C24H31N3O4S. The van der Waals surface area contributed by atoms with Gasteiger partial charge in [-0.15, -0.1) is 0 Å². The molecule has 8 heteroatoms. The van der Waals surface area contributed by atoms with Gasteiger partial charge in [-0.1, -0.05) is 13.8 Å². The third-order valence-electron chi connectivity index (χ3n) is 6.11. The van der Waals surface area contributed by atoms with Gasteiger partial charge in [-0.25, -0.2) is 8.42 Å². The van der Waals surface area contributed by atoms with Crippen molar-refractivity contribution in [1.82, 2.24) is 4.31 Å². The molecule has 32 heavy (non-hydrogen) atoms. The normalized spacial score (nSPS) is 17.9. The predicted molar refractivity (Wildman–Crippen MR) is 126 cm³/mol. The van der Waals surface area contributed by atoms with E-state index < -0.39 is 10.0 Å². The highest BCUT2D eigenvalue weighted by Crippen LogP contribution is 2.42. The Morgan fingerprint density at radius 1 is 1.09 bits per heavy atom. The van der Waals surface area contributed by atoms with Crippen LogP contribution in [0, 0.1) is 0 Å². The molecule has 1 amide bonds. The Morgan fingerprint density at radius 3 is 2.44 bits per heavy atom. The fraction of sp³-hybridized carbons (Fsp3) is 0.458. The monoisotopic (exact) mass is 457 g/mol. The van der Waals surface area contributed by atoms with Gasteiger partial charge >= 0.3 is 0 Å². The summed E-state index contributed by atoms with van der Waals surface area (Å²) in [5.74, 6) is 0.645. The summed E-state index contributed by atoms with van der Waals surface area (Å²) in [6, 6.07) is 12.6. The van der Waals surface area contributed by atoms with Crippen molar-refractivity contribution in [3.05, 3.63) is 48.0 Å². The van der Waals surface area contributed by atoms with Crippen LogP contribution < -0.4 is 15.0 Å². The van der Waals surface area contributed by atoms with E-state index in [1.54, 1.807) is 16.4 Å². The fourth-order valence-corrected chi connectivity index (χ4v) is 6.08. The van der Waals surface area contributed by atoms with Crippen LogP contribution >= 0.6 is 0 Å². The maximum Gasteiger partial charge on any atom is 0.243 e. The lowest BCUT2D eigenvalue weighted by atomic mass is 9.87. The number of hydrogen-bond acceptors (Lipinski definition) is 5. The first kappa shape index (κ1) is 22.6. The van der Waals surface area contributed by atoms with E-state index in [0.29, 0.717) is 36.8 Å². The highest BCUT2D eigenvalue weighted by atomic mass is 32.2. The van der Waals surface area contributed by atoms with E-state index in [4.69, 9.17) is 4.74 Å². The molecule has 0 unspecified atom stereocenters. The molecule has 1 N–H and O–H groups in total. The van der Waals surface area contributed by atoms with E-state index in [2.05, 4.69) is 19.2 Å². The minimum Gasteiger partial charge on any atom is -0.494 e. The molecule has 2 aliphatic rings. The number of rotatable bonds is 7. The molecule has 7 nitrogen and oxygen atoms in total. The standard InChI is InChI=1S/C24H31N3O4S/c1-4-31-19-9-7-18(8-10-19)25-23(28)16-26-17-24(2,3)21-15-20(11-12-22(21)26)32(29,30)27-13-5-6-14-27/h7-12,15H,4-6,13-14,16-17H2,1-3H3,(H,25,28). The van der Waals surface area contributed by atoms with E-state index in [9.17, 15) is 13.2 Å². The highest BCUT2D eigenvalue weighted by molar-refractivity contribution is 7.89. The zero-order chi connectivity index (χ0) is 22.9. The lowest BCUT2D eigenvalue weighted by molar-refractivity contribution is -0.115. The number of carbonyl (C=O) groups excluding carboxylic acids is 1. The summed E-state index contributed by atoms with van der Waals surface area (Å²) in [7, 11) is -3.47. The van der Waals surface area contributed by atoms with E-state index in [0.717, 1.165) is 29.8 Å². The quantitative estimate of drug-likeness (QED) is 0.687. The smallest absolute Gasteiger partial charge is 0.243 e. The molecule has 2 aliphatic heterocycles. The first-order valence-electron chi connectivity index (χ1n) is 11.1. The van der Waals surface area contributed by atoms with Crippen LogP contribution in [0.2, 0.25) is 0 Å². The number of ether oxygens (including phenoxy) is 1. The topological polar surface area (TPSA) is 79.0 Å². The molecule has 0 atom stereocenters. The summed E-state index contributed by atoms with van der Waals surface area (Å²) in [6.07, 6.45) is 1.82. The third kappa shape index (κ3) is 4.47. The summed E-state index contributed by atoms with van der Waals surface area (Å²) < 4.78 is 33.0. The Bertz CT molecular complexity index is 1090. The van der Waals surface area contributed by atoms with Gasteiger partial charge < -0.3 is 15.0 Å². The van der Waals surface area contributed by atoms with Crippen LogP contribution in [0.25, 0.3) is 0 Å². The Kier molecular flexibility index (Phi) is 6.18. The minimum atomic E-state index is -3.47. The molecule has 0 aromatic heterocycles. The van der Waals surface area contributed by atoms with Crippen LogP contribution in [0.15, 0.2) is 47.4 Å². The van der Waals surface area contributed by atoms with Crippen LogP contribution in [-0.4, -0.2) is 51.4 Å². The van der Waals surface area contributed by atoms with Gasteiger partial charge in [-0.05, 0) is 67.8 Å². The van der Waals surface area contributed by atoms with Crippen molar-refractivity contribution in [2.45, 2.75) is 43.9 Å². The number of fused-ring (bicyclic) bond motifs is 1. The molecule has 4 rings (SSSR count). The van der Waals surface area contributed by atoms with Crippen molar-refractivity contribution in [2.24, 2.45) is 0 Å². The van der Waals surface area contributed by atoms with Crippen molar-refractivity contribution in [2.75, 3.05) is 43.0 Å². The van der Waals surface area contributed by atoms with Crippen LogP contribution in [0.1, 0.15) is 39.2 Å². The maximum absolute atomic E-state index is 13.0. The SMILES string of the molecule is CCOc1ccc(NC(=O)CN2CC(C)(C)c3cc(S(=O)(=O)N4CCCC4)ccc32)cc1. The number of anilines is 2. The molecule has 172 valence electrons. The van der Waals surface area contributed by atoms with Crippen molar-refractivity contribution in [3.8, 4) is 5.75 Å². The van der Waals surface area contributed by atoms with Gasteiger partial charge in [-0.3, -0.25) is 4.79 Å². The van der Waals surface area contributed by atoms with Crippen LogP contribution in [0.5, 0.6) is 5.75 Å². The molecule has 0 spiro atoms. The number of benzene rings is 2. The maximum atomic E-state index is 13.0. The van der Waals surface area contributed by atoms with Gasteiger partial charge in [0.2, 0.25) is 15.9 Å². The first-order chi connectivity index (χ1) is 15.2. The number of nitrogens with one attached hydrogen (secondary N) is 1. The van der Waals surface area contributed by atoms with Gasteiger partial charge in [0.1, 0.15) is 5.75 Å². The average molecular weight is 458 g/mol. The van der Waals surface area contributed by atoms with E-state index in [-0.39, 0.29) is 17.9 Å². The third-order valence-corrected chi connectivity index (χ3v) is 8.00. The number of hydrogen-bond donors (Lipinski definition) is 1. The Hall–Kier alpha value is -2.58. The van der Waals surface area contributed by atoms with E-state index in [1.165, 1.54) is 0 Å². The molecule has 2 aromatic carbocycles. The summed E-state index contributed by atoms with van der Waals surface area (Å²) in [5.41, 5.74) is 2.33. The predicted octanol–water partition coefficient (Wildman–Crippen LogP) is 3.61. The number of amides is 1. The largest absolute Gasteiger partial charge is 0.494 e. The molecule has 0 bridgehead atoms. The van der Waals surface area contributed by atoms with Gasteiger partial charge in [0.25, 0.3) is 0 Å². The second-order valence-electron chi connectivity index (χ2n) is 9.04. The lowest BCUT2D eigenvalue weighted by Crippen LogP contribution is -2.35. The van der Waals surface area contributed by atoms with Gasteiger partial charge in [-0.2, -0.15) is 4.31 Å². The van der Waals surface area contributed by atoms with Crippen molar-refractivity contribution in [3.63, 3.8) is 0 Å². The minimum absolute atomic E-state index is 0.119. The number of sulfonamides is 1. The van der Waals surface area contributed by atoms with Crippen LogP contribution in [-0.2, 0) is 20.2 Å². The van der Waals surface area contributed by atoms with Gasteiger partial charge in [0, 0.05) is 36.4 Å². The first-order valence-corrected chi connectivity index (χ1v) is 12.6. The summed E-state index contributed by atoms with van der Waals surface area (Å²) in [5, 5.41) is 2.93. The summed E-state index contributed by atoms with van der Waals surface area (Å²) in [6.45, 7) is 8.70. The fourth-order valence-electron chi connectivity index (χ4n) is 4.53. The average Bonchev–Trinajstić information content (AvgIpc) is 3.37. The van der Waals surface area contributed by atoms with Crippen molar-refractivity contribution in [1.29, 1.82) is 0 Å². The Morgan fingerprint density at radius 2 is 1.78 bits per heavy atom. The van der Waals surface area contributed by atoms with E-state index in [1.807, 2.05) is 42.2 Å². The number of carbonyl (C=O) groups is 1. The zero-order valence-corrected chi connectivity index (χ0v) is 19.7. The van der Waals surface area contributed by atoms with Gasteiger partial charge in [0.15, 0.2) is 0 Å². The molecule has 1 fully saturated rings.